The van der Waals surface area contributed by atoms with E-state index in [-0.39, 0.29) is 5.56 Å². The van der Waals surface area contributed by atoms with Gasteiger partial charge in [0.15, 0.2) is 5.66 Å². The van der Waals surface area contributed by atoms with Crippen LogP contribution in [0.5, 0.6) is 0 Å². The molecule has 106 valence electrons. The van der Waals surface area contributed by atoms with Crippen LogP contribution in [0.15, 0.2) is 35.5 Å². The van der Waals surface area contributed by atoms with Gasteiger partial charge in [-0.25, -0.2) is 9.38 Å². The average molecular weight is 283 g/mol. The van der Waals surface area contributed by atoms with Gasteiger partial charge >= 0.3 is 0 Å². The summed E-state index contributed by atoms with van der Waals surface area (Å²) in [4.78, 5) is 9.54. The topological polar surface area (TPSA) is 67.2 Å². The maximum Gasteiger partial charge on any atom is 0.169 e. The number of halogens is 1. The van der Waals surface area contributed by atoms with Crippen LogP contribution in [0.1, 0.15) is 16.7 Å². The number of H-pyrrole nitrogens is 1. The second-order valence-corrected chi connectivity index (χ2v) is 5.08. The van der Waals surface area contributed by atoms with Crippen LogP contribution < -0.4 is 5.32 Å². The fourth-order valence-corrected chi connectivity index (χ4v) is 2.74. The van der Waals surface area contributed by atoms with E-state index < -0.39 is 11.5 Å². The van der Waals surface area contributed by atoms with Crippen molar-refractivity contribution in [2.75, 3.05) is 19.4 Å². The van der Waals surface area contributed by atoms with Crippen LogP contribution in [-0.2, 0) is 5.66 Å². The van der Waals surface area contributed by atoms with Crippen molar-refractivity contribution < 1.29 is 4.39 Å². The monoisotopic (exact) mass is 283 g/mol. The lowest BCUT2D eigenvalue weighted by Gasteiger charge is -2.39. The third kappa shape index (κ3) is 1.90. The molecule has 0 amide bonds. The van der Waals surface area contributed by atoms with Crippen LogP contribution >= 0.6 is 0 Å². The second kappa shape index (κ2) is 4.72. The molecule has 0 aliphatic carbocycles. The molecule has 1 aliphatic heterocycles. The molecular formula is C15H14FN5. The first-order chi connectivity index (χ1) is 10.1. The lowest BCUT2D eigenvalue weighted by atomic mass is 9.89. The molecule has 1 unspecified atom stereocenters. The van der Waals surface area contributed by atoms with Gasteiger partial charge in [-0.15, -0.1) is 0 Å². The first-order valence-electron chi connectivity index (χ1n) is 6.44. The Bertz CT molecular complexity index is 756. The number of aromatic amines is 1. The molecule has 0 bridgehead atoms. The van der Waals surface area contributed by atoms with E-state index in [1.54, 1.807) is 18.6 Å². The summed E-state index contributed by atoms with van der Waals surface area (Å²) in [5, 5.41) is 12.1. The summed E-state index contributed by atoms with van der Waals surface area (Å²) in [6.07, 6.45) is 3.38. The summed E-state index contributed by atoms with van der Waals surface area (Å²) in [6, 6.07) is 8.19. The zero-order valence-electron chi connectivity index (χ0n) is 11.7. The summed E-state index contributed by atoms with van der Waals surface area (Å²) in [5.74, 6) is 0.359. The highest BCUT2D eigenvalue weighted by Gasteiger charge is 2.41. The van der Waals surface area contributed by atoms with Crippen LogP contribution in [0.2, 0.25) is 0 Å². The lowest BCUT2D eigenvalue weighted by molar-refractivity contribution is 0.210. The molecule has 0 saturated carbocycles. The first kappa shape index (κ1) is 13.3. The van der Waals surface area contributed by atoms with Crippen molar-refractivity contribution in [1.29, 1.82) is 5.26 Å². The van der Waals surface area contributed by atoms with Crippen molar-refractivity contribution >= 4 is 12.2 Å². The molecule has 2 N–H and O–H groups in total. The molecule has 2 heterocycles. The van der Waals surface area contributed by atoms with Crippen molar-refractivity contribution in [3.8, 4) is 6.07 Å². The molecule has 3 rings (SSSR count). The summed E-state index contributed by atoms with van der Waals surface area (Å²) in [5.41, 5.74) is 0.901. The van der Waals surface area contributed by atoms with Crippen molar-refractivity contribution in [2.45, 2.75) is 5.66 Å². The normalized spacial score (nSPS) is 20.0. The number of anilines is 1. The highest BCUT2D eigenvalue weighted by Crippen LogP contribution is 2.41. The number of rotatable bonds is 2. The summed E-state index contributed by atoms with van der Waals surface area (Å²) in [7, 11) is 3.74. The Labute approximate surface area is 121 Å². The molecule has 0 saturated heterocycles. The van der Waals surface area contributed by atoms with Gasteiger partial charge in [-0.2, -0.15) is 5.26 Å². The van der Waals surface area contributed by atoms with E-state index in [2.05, 4.69) is 15.3 Å². The minimum atomic E-state index is -0.867. The van der Waals surface area contributed by atoms with Gasteiger partial charge in [0.1, 0.15) is 11.6 Å². The third-order valence-corrected chi connectivity index (χ3v) is 3.66. The predicted molar refractivity (Wildman–Crippen MR) is 78.5 cm³/mol. The number of nitriles is 1. The molecule has 1 atom stereocenters. The summed E-state index contributed by atoms with van der Waals surface area (Å²) >= 11 is 0. The van der Waals surface area contributed by atoms with Gasteiger partial charge in [-0.1, -0.05) is 0 Å². The first-order valence-corrected chi connectivity index (χ1v) is 6.44. The molecule has 1 aromatic carbocycles. The molecule has 0 spiro atoms. The van der Waals surface area contributed by atoms with Crippen molar-refractivity contribution in [2.24, 2.45) is 4.99 Å². The van der Waals surface area contributed by atoms with E-state index in [1.807, 2.05) is 31.1 Å². The van der Waals surface area contributed by atoms with Gasteiger partial charge in [0.25, 0.3) is 0 Å². The third-order valence-electron chi connectivity index (χ3n) is 3.66. The summed E-state index contributed by atoms with van der Waals surface area (Å²) < 4.78 is 13.9. The van der Waals surface area contributed by atoms with E-state index in [1.165, 1.54) is 12.1 Å². The zero-order chi connectivity index (χ0) is 15.0. The minimum absolute atomic E-state index is 0.275. The van der Waals surface area contributed by atoms with Crippen LogP contribution in [0.3, 0.4) is 0 Å². The predicted octanol–water partition coefficient (Wildman–Crippen LogP) is 2.24. The number of aliphatic imine (C=N–C) groups is 1. The Hall–Kier alpha value is -2.65. The maximum absolute atomic E-state index is 13.9. The Morgan fingerprint density at radius 2 is 2.14 bits per heavy atom. The van der Waals surface area contributed by atoms with Crippen molar-refractivity contribution in [3.63, 3.8) is 0 Å². The second-order valence-electron chi connectivity index (χ2n) is 5.08. The van der Waals surface area contributed by atoms with E-state index in [0.29, 0.717) is 5.56 Å². The van der Waals surface area contributed by atoms with Crippen LogP contribution in [0.25, 0.3) is 0 Å². The number of aromatic nitrogens is 1. The van der Waals surface area contributed by atoms with E-state index in [0.717, 1.165) is 11.4 Å². The lowest BCUT2D eigenvalue weighted by Crippen LogP contribution is -2.43. The zero-order valence-corrected chi connectivity index (χ0v) is 11.7. The molecular weight excluding hydrogens is 269 g/mol. The quantitative estimate of drug-likeness (QED) is 0.888. The van der Waals surface area contributed by atoms with Crippen molar-refractivity contribution in [1.82, 2.24) is 9.88 Å². The smallest absolute Gasteiger partial charge is 0.169 e. The average Bonchev–Trinajstić information content (AvgIpc) is 2.94. The van der Waals surface area contributed by atoms with E-state index in [9.17, 15) is 4.39 Å². The van der Waals surface area contributed by atoms with E-state index in [4.69, 9.17) is 5.26 Å². The van der Waals surface area contributed by atoms with Gasteiger partial charge in [0.05, 0.1) is 18.0 Å². The fraction of sp³-hybridized carbons (Fsp3) is 0.200. The number of hydrogen-bond acceptors (Lipinski definition) is 4. The largest absolute Gasteiger partial charge is 0.348 e. The molecule has 2 aromatic rings. The van der Waals surface area contributed by atoms with Gasteiger partial charge in [0.2, 0.25) is 0 Å². The molecule has 5 nitrogen and oxygen atoms in total. The van der Waals surface area contributed by atoms with E-state index >= 15 is 0 Å². The number of hydrogen-bond donors (Lipinski definition) is 2. The maximum atomic E-state index is 13.9. The Kier molecular flexibility index (Phi) is 3.00. The highest BCUT2D eigenvalue weighted by atomic mass is 19.1. The van der Waals surface area contributed by atoms with Crippen LogP contribution in [-0.4, -0.2) is 30.3 Å². The standard InChI is InChI=1S/C15H14FN5/c1-21(2)15(11-5-10(8-17)6-12(16)7-11)13-3-4-18-14(13)19-9-20-15/h3-7,9,18H,1-2H3,(H,19,20). The Balaban J connectivity index is 2.30. The van der Waals surface area contributed by atoms with Crippen LogP contribution in [0, 0.1) is 17.1 Å². The number of nitrogens with one attached hydrogen (secondary N) is 2. The number of fused-ring (bicyclic) bond motifs is 1. The van der Waals surface area contributed by atoms with Gasteiger partial charge in [0, 0.05) is 17.3 Å². The molecule has 1 aromatic heterocycles. The number of nitrogens with zero attached hydrogens (tertiary/aromatic N) is 3. The number of benzene rings is 1. The molecule has 21 heavy (non-hydrogen) atoms. The van der Waals surface area contributed by atoms with Gasteiger partial charge < -0.3 is 10.3 Å². The van der Waals surface area contributed by atoms with Crippen molar-refractivity contribution in [3.05, 3.63) is 53.0 Å². The molecule has 0 radical (unpaired) electrons. The van der Waals surface area contributed by atoms with Gasteiger partial charge in [-0.05, 0) is 38.4 Å². The highest BCUT2D eigenvalue weighted by molar-refractivity contribution is 5.80. The Morgan fingerprint density at radius 1 is 1.33 bits per heavy atom. The fourth-order valence-electron chi connectivity index (χ4n) is 2.74. The molecule has 6 heteroatoms. The minimum Gasteiger partial charge on any atom is -0.348 e. The Morgan fingerprint density at radius 3 is 2.86 bits per heavy atom. The summed E-state index contributed by atoms with van der Waals surface area (Å²) in [6.45, 7) is 0. The SMILES string of the molecule is CN(C)C1(c2cc(F)cc(C#N)c2)N=CNc2[nH]ccc21. The molecule has 1 aliphatic rings. The molecule has 0 fully saturated rings. The van der Waals surface area contributed by atoms with Gasteiger partial charge in [-0.3, -0.25) is 4.90 Å². The van der Waals surface area contributed by atoms with Crippen LogP contribution in [0.4, 0.5) is 10.2 Å².